The van der Waals surface area contributed by atoms with Crippen LogP contribution >= 0.6 is 0 Å². The van der Waals surface area contributed by atoms with Crippen LogP contribution in [-0.4, -0.2) is 5.11 Å². The van der Waals surface area contributed by atoms with Gasteiger partial charge in [0.1, 0.15) is 5.75 Å². The molecule has 0 aliphatic heterocycles. The number of phenolic OH excluding ortho intramolecular Hbond substituents is 1. The van der Waals surface area contributed by atoms with Crippen LogP contribution in [0, 0.1) is 0 Å². The summed E-state index contributed by atoms with van der Waals surface area (Å²) in [4.78, 5) is 0. The van der Waals surface area contributed by atoms with Gasteiger partial charge in [-0.2, -0.15) is 0 Å². The second kappa shape index (κ2) is 7.31. The summed E-state index contributed by atoms with van der Waals surface area (Å²) in [5.74, 6) is 0.708. The maximum Gasteiger partial charge on any atom is 0.119 e. The van der Waals surface area contributed by atoms with Crippen molar-refractivity contribution in [3.63, 3.8) is 0 Å². The van der Waals surface area contributed by atoms with Crippen molar-refractivity contribution in [1.82, 2.24) is 0 Å². The van der Waals surface area contributed by atoms with E-state index in [9.17, 15) is 5.11 Å². The van der Waals surface area contributed by atoms with Crippen molar-refractivity contribution in [2.75, 3.05) is 0 Å². The Kier molecular flexibility index (Phi) is 5.44. The number of benzene rings is 2. The minimum Gasteiger partial charge on any atom is -0.508 e. The molecule has 1 N–H and O–H groups in total. The van der Waals surface area contributed by atoms with Gasteiger partial charge in [0.25, 0.3) is 0 Å². The monoisotopic (exact) mass is 282 g/mol. The van der Waals surface area contributed by atoms with Crippen molar-refractivity contribution in [3.05, 3.63) is 53.6 Å². The van der Waals surface area contributed by atoms with Crippen molar-refractivity contribution >= 4 is 0 Å². The zero-order valence-corrected chi connectivity index (χ0v) is 13.4. The first-order valence-electron chi connectivity index (χ1n) is 8.04. The Morgan fingerprint density at radius 2 is 1.67 bits per heavy atom. The maximum absolute atomic E-state index is 10.1. The van der Waals surface area contributed by atoms with Crippen LogP contribution in [0.4, 0.5) is 0 Å². The predicted molar refractivity (Wildman–Crippen MR) is 90.9 cm³/mol. The third-order valence-electron chi connectivity index (χ3n) is 3.99. The molecule has 0 atom stereocenters. The van der Waals surface area contributed by atoms with Crippen LogP contribution in [0.2, 0.25) is 0 Å². The number of unbranched alkanes of at least 4 members (excludes halogenated alkanes) is 2. The first-order chi connectivity index (χ1) is 10.1. The summed E-state index contributed by atoms with van der Waals surface area (Å²) in [6.45, 7) is 6.48. The summed E-state index contributed by atoms with van der Waals surface area (Å²) in [5.41, 5.74) is 4.77. The van der Waals surface area contributed by atoms with E-state index in [1.54, 1.807) is 6.07 Å². The van der Waals surface area contributed by atoms with E-state index in [1.807, 2.05) is 6.07 Å². The zero-order valence-electron chi connectivity index (χ0n) is 13.4. The zero-order chi connectivity index (χ0) is 15.2. The number of phenols is 1. The second-order valence-electron chi connectivity index (χ2n) is 6.05. The molecule has 112 valence electrons. The van der Waals surface area contributed by atoms with Crippen LogP contribution in [0.1, 0.15) is 57.1 Å². The van der Waals surface area contributed by atoms with Crippen molar-refractivity contribution in [2.45, 2.75) is 52.4 Å². The molecule has 0 saturated heterocycles. The van der Waals surface area contributed by atoms with Gasteiger partial charge in [0.15, 0.2) is 0 Å². The number of aryl methyl sites for hydroxylation is 1. The fourth-order valence-corrected chi connectivity index (χ4v) is 2.84. The lowest BCUT2D eigenvalue weighted by Crippen LogP contribution is -1.93. The fourth-order valence-electron chi connectivity index (χ4n) is 2.84. The Morgan fingerprint density at radius 1 is 0.952 bits per heavy atom. The molecule has 0 heterocycles. The van der Waals surface area contributed by atoms with Gasteiger partial charge in [-0.15, -0.1) is 0 Å². The van der Waals surface area contributed by atoms with Crippen LogP contribution in [0.15, 0.2) is 42.5 Å². The van der Waals surface area contributed by atoms with Gasteiger partial charge < -0.3 is 5.11 Å². The molecule has 0 saturated carbocycles. The van der Waals surface area contributed by atoms with Gasteiger partial charge in [-0.1, -0.05) is 70.0 Å². The molecule has 0 aliphatic rings. The number of hydrogen-bond donors (Lipinski definition) is 1. The summed E-state index contributed by atoms with van der Waals surface area (Å²) >= 11 is 0. The minimum absolute atomic E-state index is 0.311. The second-order valence-corrected chi connectivity index (χ2v) is 6.05. The molecule has 2 aromatic carbocycles. The normalized spacial score (nSPS) is 11.0. The lowest BCUT2D eigenvalue weighted by atomic mass is 9.91. The average Bonchev–Trinajstić information content (AvgIpc) is 2.47. The van der Waals surface area contributed by atoms with Gasteiger partial charge >= 0.3 is 0 Å². The molecule has 0 aliphatic carbocycles. The molecule has 0 fully saturated rings. The van der Waals surface area contributed by atoms with E-state index in [4.69, 9.17) is 0 Å². The van der Waals surface area contributed by atoms with E-state index >= 15 is 0 Å². The molecule has 2 rings (SSSR count). The molecule has 1 nitrogen and oxygen atoms in total. The van der Waals surface area contributed by atoms with Crippen LogP contribution in [0.3, 0.4) is 0 Å². The molecule has 21 heavy (non-hydrogen) atoms. The van der Waals surface area contributed by atoms with E-state index in [2.05, 4.69) is 51.1 Å². The summed E-state index contributed by atoms with van der Waals surface area (Å²) in [6, 6.07) is 14.6. The quantitative estimate of drug-likeness (QED) is 0.652. The highest BCUT2D eigenvalue weighted by Crippen LogP contribution is 2.35. The average molecular weight is 282 g/mol. The highest BCUT2D eigenvalue weighted by molar-refractivity contribution is 5.71. The summed E-state index contributed by atoms with van der Waals surface area (Å²) < 4.78 is 0. The van der Waals surface area contributed by atoms with Crippen molar-refractivity contribution in [2.24, 2.45) is 0 Å². The van der Waals surface area contributed by atoms with Gasteiger partial charge in [0, 0.05) is 5.56 Å². The molecule has 0 amide bonds. The molecular weight excluding hydrogens is 256 g/mol. The van der Waals surface area contributed by atoms with Gasteiger partial charge in [-0.3, -0.25) is 0 Å². The fraction of sp³-hybridized carbons (Fsp3) is 0.400. The molecule has 0 bridgehead atoms. The standard InChI is InChI=1S/C20H26O/c1-4-5-6-8-16-11-13-17(14-12-16)18-9-7-10-19(21)20(18)15(2)3/h7,9-15,21H,4-6,8H2,1-3H3. The number of hydrogen-bond acceptors (Lipinski definition) is 1. The molecular formula is C20H26O. The van der Waals surface area contributed by atoms with Gasteiger partial charge in [0.2, 0.25) is 0 Å². The summed E-state index contributed by atoms with van der Waals surface area (Å²) in [5, 5.41) is 10.1. The largest absolute Gasteiger partial charge is 0.508 e. The van der Waals surface area contributed by atoms with Crippen molar-refractivity contribution < 1.29 is 5.11 Å². The predicted octanol–water partition coefficient (Wildman–Crippen LogP) is 5.92. The lowest BCUT2D eigenvalue weighted by Gasteiger charge is -2.15. The van der Waals surface area contributed by atoms with Gasteiger partial charge in [-0.05, 0) is 41.5 Å². The number of aromatic hydroxyl groups is 1. The SMILES string of the molecule is CCCCCc1ccc(-c2cccc(O)c2C(C)C)cc1. The van der Waals surface area contributed by atoms with Crippen molar-refractivity contribution in [3.8, 4) is 16.9 Å². The first kappa shape index (κ1) is 15.6. The lowest BCUT2D eigenvalue weighted by molar-refractivity contribution is 0.465. The Hall–Kier alpha value is -1.76. The molecule has 0 spiro atoms. The highest BCUT2D eigenvalue weighted by atomic mass is 16.3. The molecule has 0 aromatic heterocycles. The van der Waals surface area contributed by atoms with Crippen LogP contribution in [0.25, 0.3) is 11.1 Å². The van der Waals surface area contributed by atoms with Crippen LogP contribution in [-0.2, 0) is 6.42 Å². The molecule has 0 unspecified atom stereocenters. The third kappa shape index (κ3) is 3.87. The van der Waals surface area contributed by atoms with E-state index in [-0.39, 0.29) is 0 Å². The first-order valence-corrected chi connectivity index (χ1v) is 8.04. The van der Waals surface area contributed by atoms with Crippen LogP contribution in [0.5, 0.6) is 5.75 Å². The van der Waals surface area contributed by atoms with E-state index < -0.39 is 0 Å². The van der Waals surface area contributed by atoms with Gasteiger partial charge in [-0.25, -0.2) is 0 Å². The Morgan fingerprint density at radius 3 is 2.29 bits per heavy atom. The topological polar surface area (TPSA) is 20.2 Å². The third-order valence-corrected chi connectivity index (χ3v) is 3.99. The van der Waals surface area contributed by atoms with E-state index in [0.29, 0.717) is 11.7 Å². The summed E-state index contributed by atoms with van der Waals surface area (Å²) in [7, 11) is 0. The van der Waals surface area contributed by atoms with E-state index in [0.717, 1.165) is 17.5 Å². The Labute approximate surface area is 128 Å². The molecule has 0 radical (unpaired) electrons. The smallest absolute Gasteiger partial charge is 0.119 e. The number of rotatable bonds is 6. The van der Waals surface area contributed by atoms with Gasteiger partial charge in [0.05, 0.1) is 0 Å². The van der Waals surface area contributed by atoms with Crippen molar-refractivity contribution in [1.29, 1.82) is 0 Å². The molecule has 2 aromatic rings. The summed E-state index contributed by atoms with van der Waals surface area (Å²) in [6.07, 6.45) is 4.98. The minimum atomic E-state index is 0.311. The Balaban J connectivity index is 2.25. The van der Waals surface area contributed by atoms with Crippen LogP contribution < -0.4 is 0 Å². The maximum atomic E-state index is 10.1. The van der Waals surface area contributed by atoms with E-state index in [1.165, 1.54) is 30.4 Å². The molecule has 1 heteroatoms. The highest BCUT2D eigenvalue weighted by Gasteiger charge is 2.12. The Bertz CT molecular complexity index is 567.